The fraction of sp³-hybridized carbons (Fsp3) is 0.250. The molecule has 1 saturated heterocycles. The third-order valence-electron chi connectivity index (χ3n) is 4.88. The Hall–Kier alpha value is -3.12. The standard InChI is InChI=1S/C20H15BrN2O8S/c1-10(24)30-17(14-6-7-15(21)31-14)16-18(25)22-13(9-32-19(16)22)20(26)29-8-11-2-4-12(5-3-11)23(27)28/h2-7,9,16-17,19H,8H2,1H3. The average Bonchev–Trinajstić information content (AvgIpc) is 3.35. The lowest BCUT2D eigenvalue weighted by atomic mass is 9.89. The van der Waals surface area contributed by atoms with E-state index in [-0.39, 0.29) is 18.0 Å². The van der Waals surface area contributed by atoms with Crippen molar-refractivity contribution in [2.75, 3.05) is 0 Å². The van der Waals surface area contributed by atoms with Crippen LogP contribution in [-0.4, -0.2) is 33.0 Å². The van der Waals surface area contributed by atoms with Crippen molar-refractivity contribution in [2.45, 2.75) is 25.0 Å². The molecule has 0 N–H and O–H groups in total. The Morgan fingerprint density at radius 3 is 2.59 bits per heavy atom. The molecule has 0 spiro atoms. The lowest BCUT2D eigenvalue weighted by molar-refractivity contribution is -0.384. The largest absolute Gasteiger partial charge is 0.456 e. The summed E-state index contributed by atoms with van der Waals surface area (Å²) in [5.74, 6) is -2.06. The maximum atomic E-state index is 12.9. The summed E-state index contributed by atoms with van der Waals surface area (Å²) in [4.78, 5) is 48.5. The van der Waals surface area contributed by atoms with Crippen LogP contribution in [0.25, 0.3) is 0 Å². The Kier molecular flexibility index (Phi) is 6.07. The fourth-order valence-electron chi connectivity index (χ4n) is 3.41. The number of hydrogen-bond acceptors (Lipinski definition) is 9. The highest BCUT2D eigenvalue weighted by atomic mass is 79.9. The number of carbonyl (C=O) groups excluding carboxylic acids is 3. The van der Waals surface area contributed by atoms with Gasteiger partial charge in [0.2, 0.25) is 5.91 Å². The van der Waals surface area contributed by atoms with Crippen LogP contribution in [0, 0.1) is 16.0 Å². The number of benzene rings is 1. The molecular weight excluding hydrogens is 508 g/mol. The van der Waals surface area contributed by atoms with Crippen molar-refractivity contribution in [3.05, 3.63) is 73.6 Å². The molecule has 3 atom stereocenters. The van der Waals surface area contributed by atoms with Crippen molar-refractivity contribution in [3.8, 4) is 0 Å². The van der Waals surface area contributed by atoms with Crippen LogP contribution in [0.15, 0.2) is 56.6 Å². The van der Waals surface area contributed by atoms with E-state index in [2.05, 4.69) is 15.9 Å². The van der Waals surface area contributed by atoms with Gasteiger partial charge in [-0.25, -0.2) is 4.79 Å². The number of fused-ring (bicyclic) bond motifs is 1. The number of furan rings is 1. The first-order valence-corrected chi connectivity index (χ1v) is 11.0. The zero-order chi connectivity index (χ0) is 23.0. The molecule has 10 nitrogen and oxygen atoms in total. The molecule has 3 unspecified atom stereocenters. The van der Waals surface area contributed by atoms with Gasteiger partial charge in [-0.3, -0.25) is 24.6 Å². The number of nitrogens with zero attached hydrogens (tertiary/aromatic N) is 2. The number of carbonyl (C=O) groups is 3. The van der Waals surface area contributed by atoms with Crippen molar-refractivity contribution in [2.24, 2.45) is 5.92 Å². The number of hydrogen-bond donors (Lipinski definition) is 0. The first-order valence-electron chi connectivity index (χ1n) is 9.28. The molecule has 1 amide bonds. The number of amides is 1. The summed E-state index contributed by atoms with van der Waals surface area (Å²) in [7, 11) is 0. The molecule has 166 valence electrons. The average molecular weight is 523 g/mol. The van der Waals surface area contributed by atoms with E-state index in [9.17, 15) is 24.5 Å². The number of nitro groups is 1. The molecule has 1 aromatic heterocycles. The normalized spacial score (nSPS) is 20.1. The van der Waals surface area contributed by atoms with Crippen LogP contribution in [0.1, 0.15) is 24.4 Å². The molecule has 0 aliphatic carbocycles. The Bertz CT molecular complexity index is 1130. The minimum Gasteiger partial charge on any atom is -0.456 e. The number of ether oxygens (including phenoxy) is 2. The highest BCUT2D eigenvalue weighted by Crippen LogP contribution is 2.51. The highest BCUT2D eigenvalue weighted by molar-refractivity contribution is 9.10. The third-order valence-corrected chi connectivity index (χ3v) is 6.45. The first kappa shape index (κ1) is 22.1. The SMILES string of the molecule is CC(=O)OC(c1ccc(Br)o1)C1C(=O)N2C(C(=O)OCc3ccc([N+](=O)[O-])cc3)=CSC12. The van der Waals surface area contributed by atoms with E-state index in [4.69, 9.17) is 13.9 Å². The molecule has 4 rings (SSSR count). The molecule has 2 aromatic rings. The van der Waals surface area contributed by atoms with Crippen molar-refractivity contribution < 1.29 is 33.2 Å². The highest BCUT2D eigenvalue weighted by Gasteiger charge is 2.58. The smallest absolute Gasteiger partial charge is 0.355 e. The molecular formula is C20H15BrN2O8S. The van der Waals surface area contributed by atoms with Crippen LogP contribution in [0.4, 0.5) is 5.69 Å². The molecule has 0 bridgehead atoms. The van der Waals surface area contributed by atoms with Gasteiger partial charge in [0.05, 0.1) is 4.92 Å². The molecule has 2 aliphatic rings. The van der Waals surface area contributed by atoms with E-state index in [0.29, 0.717) is 16.0 Å². The molecule has 12 heteroatoms. The lowest BCUT2D eigenvalue weighted by Gasteiger charge is -2.44. The van der Waals surface area contributed by atoms with Gasteiger partial charge in [-0.05, 0) is 45.8 Å². The maximum absolute atomic E-state index is 12.9. The van der Waals surface area contributed by atoms with E-state index < -0.39 is 40.2 Å². The number of thioether (sulfide) groups is 1. The van der Waals surface area contributed by atoms with Crippen molar-refractivity contribution >= 4 is 51.2 Å². The fourth-order valence-corrected chi connectivity index (χ4v) is 4.97. The number of halogens is 1. The second-order valence-electron chi connectivity index (χ2n) is 6.94. The van der Waals surface area contributed by atoms with Crippen molar-refractivity contribution in [1.29, 1.82) is 0 Å². The first-order chi connectivity index (χ1) is 15.3. The summed E-state index contributed by atoms with van der Waals surface area (Å²) in [5.41, 5.74) is 0.587. The minimum atomic E-state index is -0.927. The quantitative estimate of drug-likeness (QED) is 0.231. The van der Waals surface area contributed by atoms with Gasteiger partial charge < -0.3 is 13.9 Å². The van der Waals surface area contributed by atoms with Crippen molar-refractivity contribution in [1.82, 2.24) is 4.90 Å². The zero-order valence-corrected chi connectivity index (χ0v) is 18.8. The molecule has 3 heterocycles. The second kappa shape index (κ2) is 8.79. The number of nitro benzene ring substituents is 1. The Balaban J connectivity index is 1.41. The molecule has 1 aromatic carbocycles. The monoisotopic (exact) mass is 522 g/mol. The molecule has 1 fully saturated rings. The second-order valence-corrected chi connectivity index (χ2v) is 8.71. The van der Waals surface area contributed by atoms with Crippen molar-refractivity contribution in [3.63, 3.8) is 0 Å². The number of esters is 2. The summed E-state index contributed by atoms with van der Waals surface area (Å²) >= 11 is 4.44. The Morgan fingerprint density at radius 1 is 1.28 bits per heavy atom. The van der Waals surface area contributed by atoms with Gasteiger partial charge in [0.25, 0.3) is 5.69 Å². The maximum Gasteiger partial charge on any atom is 0.355 e. The molecule has 0 saturated carbocycles. The van der Waals surface area contributed by atoms with E-state index in [0.717, 1.165) is 0 Å². The van der Waals surface area contributed by atoms with Crippen LogP contribution >= 0.6 is 27.7 Å². The number of β-lactam (4-membered cyclic amide) rings is 1. The predicted molar refractivity (Wildman–Crippen MR) is 114 cm³/mol. The number of non-ortho nitro benzene ring substituents is 1. The summed E-state index contributed by atoms with van der Waals surface area (Å²) in [5, 5.41) is 11.8. The predicted octanol–water partition coefficient (Wildman–Crippen LogP) is 3.67. The Labute approximate surface area is 193 Å². The van der Waals surface area contributed by atoms with E-state index in [1.165, 1.54) is 53.3 Å². The van der Waals surface area contributed by atoms with Gasteiger partial charge in [0.1, 0.15) is 29.4 Å². The van der Waals surface area contributed by atoms with Gasteiger partial charge >= 0.3 is 11.9 Å². The van der Waals surface area contributed by atoms with Crippen LogP contribution in [-0.2, 0) is 30.5 Å². The zero-order valence-electron chi connectivity index (χ0n) is 16.4. The molecule has 2 aliphatic heterocycles. The van der Waals surface area contributed by atoms with Crippen LogP contribution in [0.3, 0.4) is 0 Å². The summed E-state index contributed by atoms with van der Waals surface area (Å²) in [6.07, 6.45) is -0.927. The summed E-state index contributed by atoms with van der Waals surface area (Å²) in [6.45, 7) is 1.14. The number of rotatable bonds is 7. The van der Waals surface area contributed by atoms with Crippen LogP contribution < -0.4 is 0 Å². The topological polar surface area (TPSA) is 129 Å². The third kappa shape index (κ3) is 4.15. The summed E-state index contributed by atoms with van der Waals surface area (Å²) < 4.78 is 16.6. The lowest BCUT2D eigenvalue weighted by Crippen LogP contribution is -2.59. The van der Waals surface area contributed by atoms with Crippen LogP contribution in [0.5, 0.6) is 0 Å². The Morgan fingerprint density at radius 2 is 2.00 bits per heavy atom. The van der Waals surface area contributed by atoms with E-state index in [1.54, 1.807) is 12.1 Å². The van der Waals surface area contributed by atoms with Crippen LogP contribution in [0.2, 0.25) is 0 Å². The minimum absolute atomic E-state index is 0.0686. The van der Waals surface area contributed by atoms with Gasteiger partial charge in [-0.15, -0.1) is 11.8 Å². The van der Waals surface area contributed by atoms with E-state index >= 15 is 0 Å². The summed E-state index contributed by atoms with van der Waals surface area (Å²) in [6, 6.07) is 8.85. The van der Waals surface area contributed by atoms with Gasteiger partial charge in [-0.2, -0.15) is 0 Å². The van der Waals surface area contributed by atoms with Gasteiger partial charge in [-0.1, -0.05) is 0 Å². The molecule has 32 heavy (non-hydrogen) atoms. The van der Waals surface area contributed by atoms with Gasteiger partial charge in [0.15, 0.2) is 10.8 Å². The molecule has 0 radical (unpaired) electrons. The van der Waals surface area contributed by atoms with Gasteiger partial charge in [0, 0.05) is 24.5 Å². The van der Waals surface area contributed by atoms with E-state index in [1.807, 2.05) is 0 Å².